The Kier molecular flexibility index (Phi) is 7.21. The second-order valence-electron chi connectivity index (χ2n) is 5.93. The molecular formula is C18H25NO5. The SMILES string of the molecule is CCCC(NC(=O)c1ccccc1COC1CCOCC1)C(=O)O. The Balaban J connectivity index is 2.01. The van der Waals surface area contributed by atoms with Gasteiger partial charge >= 0.3 is 5.97 Å². The lowest BCUT2D eigenvalue weighted by atomic mass is 10.1. The third-order valence-electron chi connectivity index (χ3n) is 4.09. The first-order chi connectivity index (χ1) is 11.6. The van der Waals surface area contributed by atoms with E-state index in [-0.39, 0.29) is 12.0 Å². The first kappa shape index (κ1) is 18.4. The molecule has 6 heteroatoms. The topological polar surface area (TPSA) is 84.9 Å². The molecule has 1 aromatic carbocycles. The molecular weight excluding hydrogens is 310 g/mol. The Hall–Kier alpha value is -1.92. The molecule has 2 N–H and O–H groups in total. The Morgan fingerprint density at radius 1 is 1.33 bits per heavy atom. The van der Waals surface area contributed by atoms with Gasteiger partial charge in [-0.15, -0.1) is 0 Å². The summed E-state index contributed by atoms with van der Waals surface area (Å²) in [7, 11) is 0. The predicted molar refractivity (Wildman–Crippen MR) is 88.9 cm³/mol. The summed E-state index contributed by atoms with van der Waals surface area (Å²) in [5.41, 5.74) is 1.23. The molecule has 1 heterocycles. The lowest BCUT2D eigenvalue weighted by Crippen LogP contribution is -2.41. The highest BCUT2D eigenvalue weighted by molar-refractivity contribution is 5.97. The molecule has 1 unspecified atom stereocenters. The van der Waals surface area contributed by atoms with Crippen molar-refractivity contribution in [1.29, 1.82) is 0 Å². The molecule has 0 bridgehead atoms. The van der Waals surface area contributed by atoms with Gasteiger partial charge in [0, 0.05) is 18.8 Å². The number of nitrogens with one attached hydrogen (secondary N) is 1. The molecule has 1 aliphatic heterocycles. The Bertz CT molecular complexity index is 554. The summed E-state index contributed by atoms with van der Waals surface area (Å²) in [5, 5.41) is 11.8. The van der Waals surface area contributed by atoms with E-state index in [1.165, 1.54) is 0 Å². The molecule has 0 radical (unpaired) electrons. The van der Waals surface area contributed by atoms with Crippen LogP contribution in [0.1, 0.15) is 48.5 Å². The molecule has 1 aromatic rings. The van der Waals surface area contributed by atoms with Crippen LogP contribution in [0.5, 0.6) is 0 Å². The van der Waals surface area contributed by atoms with Crippen LogP contribution in [0.2, 0.25) is 0 Å². The summed E-state index contributed by atoms with van der Waals surface area (Å²) in [6.07, 6.45) is 2.94. The van der Waals surface area contributed by atoms with Gasteiger partial charge < -0.3 is 19.9 Å². The van der Waals surface area contributed by atoms with Gasteiger partial charge in [0.25, 0.3) is 5.91 Å². The van der Waals surface area contributed by atoms with Gasteiger partial charge in [0.15, 0.2) is 0 Å². The van der Waals surface area contributed by atoms with Crippen molar-refractivity contribution < 1.29 is 24.2 Å². The number of aliphatic carboxylic acids is 1. The van der Waals surface area contributed by atoms with Gasteiger partial charge in [0.2, 0.25) is 0 Å². The van der Waals surface area contributed by atoms with Crippen LogP contribution in [-0.2, 0) is 20.9 Å². The summed E-state index contributed by atoms with van der Waals surface area (Å²) in [4.78, 5) is 23.7. The number of hydrogen-bond donors (Lipinski definition) is 2. The average Bonchev–Trinajstić information content (AvgIpc) is 2.60. The zero-order valence-corrected chi connectivity index (χ0v) is 14.0. The number of carboxylic acids is 1. The van der Waals surface area contributed by atoms with Crippen molar-refractivity contribution in [2.45, 2.75) is 51.4 Å². The lowest BCUT2D eigenvalue weighted by molar-refractivity contribution is -0.139. The molecule has 1 fully saturated rings. The van der Waals surface area contributed by atoms with Crippen molar-refractivity contribution in [3.8, 4) is 0 Å². The van der Waals surface area contributed by atoms with E-state index in [1.807, 2.05) is 19.1 Å². The molecule has 2 rings (SSSR count). The number of rotatable bonds is 8. The van der Waals surface area contributed by atoms with Crippen molar-refractivity contribution in [2.75, 3.05) is 13.2 Å². The smallest absolute Gasteiger partial charge is 0.326 e. The molecule has 1 saturated heterocycles. The lowest BCUT2D eigenvalue weighted by Gasteiger charge is -2.23. The molecule has 132 valence electrons. The monoisotopic (exact) mass is 335 g/mol. The molecule has 0 spiro atoms. The fourth-order valence-corrected chi connectivity index (χ4v) is 2.70. The van der Waals surface area contributed by atoms with Gasteiger partial charge in [0.1, 0.15) is 6.04 Å². The second-order valence-corrected chi connectivity index (χ2v) is 5.93. The molecule has 0 aromatic heterocycles. The van der Waals surface area contributed by atoms with Crippen LogP contribution < -0.4 is 5.32 Å². The van der Waals surface area contributed by atoms with E-state index < -0.39 is 12.0 Å². The maximum absolute atomic E-state index is 12.5. The van der Waals surface area contributed by atoms with Crippen LogP contribution in [0.4, 0.5) is 0 Å². The van der Waals surface area contributed by atoms with Gasteiger partial charge in [-0.25, -0.2) is 4.79 Å². The van der Waals surface area contributed by atoms with Crippen LogP contribution in [0.15, 0.2) is 24.3 Å². The number of carbonyl (C=O) groups excluding carboxylic acids is 1. The number of benzene rings is 1. The van der Waals surface area contributed by atoms with Gasteiger partial charge in [0.05, 0.1) is 12.7 Å². The highest BCUT2D eigenvalue weighted by Crippen LogP contribution is 2.16. The Morgan fingerprint density at radius 2 is 2.04 bits per heavy atom. The third-order valence-corrected chi connectivity index (χ3v) is 4.09. The molecule has 0 aliphatic carbocycles. The summed E-state index contributed by atoms with van der Waals surface area (Å²) in [6, 6.07) is 6.28. The van der Waals surface area contributed by atoms with Gasteiger partial charge in [-0.2, -0.15) is 0 Å². The maximum atomic E-state index is 12.5. The molecule has 24 heavy (non-hydrogen) atoms. The van der Waals surface area contributed by atoms with Crippen LogP contribution in [0.3, 0.4) is 0 Å². The molecule has 1 atom stereocenters. The number of carbonyl (C=O) groups is 2. The quantitative estimate of drug-likeness (QED) is 0.762. The standard InChI is InChI=1S/C18H25NO5/c1-2-5-16(18(21)22)19-17(20)15-7-4-3-6-13(15)12-24-14-8-10-23-11-9-14/h3-4,6-7,14,16H,2,5,8-12H2,1H3,(H,19,20)(H,21,22). The number of carboxylic acid groups (broad SMARTS) is 1. The number of ether oxygens (including phenoxy) is 2. The minimum atomic E-state index is -1.01. The molecule has 1 amide bonds. The highest BCUT2D eigenvalue weighted by Gasteiger charge is 2.21. The number of amides is 1. The van der Waals surface area contributed by atoms with Crippen molar-refractivity contribution in [3.05, 3.63) is 35.4 Å². The van der Waals surface area contributed by atoms with Crippen molar-refractivity contribution >= 4 is 11.9 Å². The van der Waals surface area contributed by atoms with E-state index in [1.54, 1.807) is 12.1 Å². The fraction of sp³-hybridized carbons (Fsp3) is 0.556. The highest BCUT2D eigenvalue weighted by atomic mass is 16.5. The van der Waals surface area contributed by atoms with Crippen molar-refractivity contribution in [2.24, 2.45) is 0 Å². The van der Waals surface area contributed by atoms with Crippen LogP contribution in [0, 0.1) is 0 Å². The summed E-state index contributed by atoms with van der Waals surface area (Å²) in [6.45, 7) is 3.62. The van der Waals surface area contributed by atoms with Crippen LogP contribution in [-0.4, -0.2) is 42.3 Å². The van der Waals surface area contributed by atoms with Crippen LogP contribution >= 0.6 is 0 Å². The summed E-state index contributed by atoms with van der Waals surface area (Å²) < 4.78 is 11.2. The summed E-state index contributed by atoms with van der Waals surface area (Å²) in [5.74, 6) is -1.39. The van der Waals surface area contributed by atoms with Gasteiger partial charge in [-0.1, -0.05) is 31.5 Å². The summed E-state index contributed by atoms with van der Waals surface area (Å²) >= 11 is 0. The van der Waals surface area contributed by atoms with E-state index in [0.29, 0.717) is 38.2 Å². The van der Waals surface area contributed by atoms with Crippen molar-refractivity contribution in [3.63, 3.8) is 0 Å². The first-order valence-corrected chi connectivity index (χ1v) is 8.42. The fourth-order valence-electron chi connectivity index (χ4n) is 2.70. The third kappa shape index (κ3) is 5.32. The van der Waals surface area contributed by atoms with Gasteiger partial charge in [-0.3, -0.25) is 4.79 Å². The van der Waals surface area contributed by atoms with Crippen molar-refractivity contribution in [1.82, 2.24) is 5.32 Å². The zero-order chi connectivity index (χ0) is 17.4. The van der Waals surface area contributed by atoms with E-state index >= 15 is 0 Å². The van der Waals surface area contributed by atoms with E-state index in [0.717, 1.165) is 18.4 Å². The largest absolute Gasteiger partial charge is 0.480 e. The predicted octanol–water partition coefficient (Wildman–Crippen LogP) is 2.37. The van der Waals surface area contributed by atoms with Crippen LogP contribution in [0.25, 0.3) is 0 Å². The molecule has 0 saturated carbocycles. The van der Waals surface area contributed by atoms with Gasteiger partial charge in [-0.05, 0) is 30.9 Å². The first-order valence-electron chi connectivity index (χ1n) is 8.42. The minimum Gasteiger partial charge on any atom is -0.480 e. The number of hydrogen-bond acceptors (Lipinski definition) is 4. The molecule has 6 nitrogen and oxygen atoms in total. The maximum Gasteiger partial charge on any atom is 0.326 e. The normalized spacial score (nSPS) is 16.5. The Morgan fingerprint density at radius 3 is 2.71 bits per heavy atom. The van der Waals surface area contributed by atoms with E-state index in [2.05, 4.69) is 5.32 Å². The molecule has 1 aliphatic rings. The zero-order valence-electron chi connectivity index (χ0n) is 14.0. The van der Waals surface area contributed by atoms with E-state index in [9.17, 15) is 14.7 Å². The van der Waals surface area contributed by atoms with E-state index in [4.69, 9.17) is 9.47 Å². The average molecular weight is 335 g/mol. The second kappa shape index (κ2) is 9.39. The Labute approximate surface area is 142 Å². The minimum absolute atomic E-state index is 0.140.